The molecule has 19 heavy (non-hydrogen) atoms. The number of hydrogen-bond donors (Lipinski definition) is 1. The van der Waals surface area contributed by atoms with Crippen molar-refractivity contribution in [2.24, 2.45) is 5.73 Å². The number of likely N-dealkylation sites (tertiary alicyclic amines) is 1. The predicted molar refractivity (Wildman–Crippen MR) is 80.7 cm³/mol. The lowest BCUT2D eigenvalue weighted by Gasteiger charge is -2.26. The van der Waals surface area contributed by atoms with Crippen molar-refractivity contribution >= 4 is 29.9 Å². The second-order valence-corrected chi connectivity index (χ2v) is 5.36. The van der Waals surface area contributed by atoms with E-state index in [-0.39, 0.29) is 30.4 Å². The fraction of sp³-hybridized carbons (Fsp3) is 0.500. The minimum absolute atomic E-state index is 0. The lowest BCUT2D eigenvalue weighted by atomic mass is 10.0. The van der Waals surface area contributed by atoms with Crippen LogP contribution in [0, 0.1) is 0 Å². The van der Waals surface area contributed by atoms with Crippen molar-refractivity contribution in [1.82, 2.24) is 4.90 Å². The Labute approximate surface area is 125 Å². The molecule has 1 aliphatic heterocycles. The first-order valence-corrected chi connectivity index (χ1v) is 6.77. The lowest BCUT2D eigenvalue weighted by molar-refractivity contribution is -0.132. The van der Waals surface area contributed by atoms with Crippen LogP contribution in [0.25, 0.3) is 0 Å². The average molecular weight is 303 g/mol. The number of hydrogen-bond acceptors (Lipinski definition) is 2. The van der Waals surface area contributed by atoms with Gasteiger partial charge in [0.15, 0.2) is 0 Å². The van der Waals surface area contributed by atoms with Crippen LogP contribution in [0.4, 0.5) is 0 Å². The van der Waals surface area contributed by atoms with E-state index in [0.29, 0.717) is 6.42 Å². The van der Waals surface area contributed by atoms with Gasteiger partial charge in [0.25, 0.3) is 0 Å². The summed E-state index contributed by atoms with van der Waals surface area (Å²) in [5, 5.41) is 0.739. The van der Waals surface area contributed by atoms with Gasteiger partial charge in [-0.05, 0) is 31.4 Å². The van der Waals surface area contributed by atoms with Crippen LogP contribution in [-0.2, 0) is 4.79 Å². The monoisotopic (exact) mass is 302 g/mol. The van der Waals surface area contributed by atoms with Crippen LogP contribution in [0.1, 0.15) is 37.8 Å². The Hall–Kier alpha value is -0.770. The second kappa shape index (κ2) is 7.13. The predicted octanol–water partition coefficient (Wildman–Crippen LogP) is 3.16. The zero-order chi connectivity index (χ0) is 13.1. The van der Waals surface area contributed by atoms with Gasteiger partial charge < -0.3 is 10.6 Å². The number of benzene rings is 1. The molecule has 3 nitrogen and oxygen atoms in total. The summed E-state index contributed by atoms with van der Waals surface area (Å²) >= 11 is 6.22. The molecule has 0 bridgehead atoms. The van der Waals surface area contributed by atoms with Gasteiger partial charge >= 0.3 is 0 Å². The topological polar surface area (TPSA) is 46.3 Å². The summed E-state index contributed by atoms with van der Waals surface area (Å²) in [6, 6.07) is 7.78. The number of carbonyl (C=O) groups is 1. The van der Waals surface area contributed by atoms with Crippen molar-refractivity contribution in [2.75, 3.05) is 6.54 Å². The van der Waals surface area contributed by atoms with Crippen LogP contribution >= 0.6 is 24.0 Å². The Balaban J connectivity index is 0.00000180. The van der Waals surface area contributed by atoms with E-state index in [0.717, 1.165) is 30.0 Å². The van der Waals surface area contributed by atoms with E-state index in [1.54, 1.807) is 0 Å². The van der Waals surface area contributed by atoms with Gasteiger partial charge in [0, 0.05) is 24.0 Å². The summed E-state index contributed by atoms with van der Waals surface area (Å²) in [6.45, 7) is 2.67. The lowest BCUT2D eigenvalue weighted by Crippen LogP contribution is -2.34. The summed E-state index contributed by atoms with van der Waals surface area (Å²) in [5.41, 5.74) is 6.75. The molecule has 106 valence electrons. The molecule has 2 N–H and O–H groups in total. The van der Waals surface area contributed by atoms with Crippen LogP contribution in [-0.4, -0.2) is 23.4 Å². The average Bonchev–Trinajstić information content (AvgIpc) is 2.77. The van der Waals surface area contributed by atoms with Crippen molar-refractivity contribution in [1.29, 1.82) is 0 Å². The number of halogens is 2. The van der Waals surface area contributed by atoms with E-state index >= 15 is 0 Å². The highest BCUT2D eigenvalue weighted by Crippen LogP contribution is 2.35. The normalized spacial score (nSPS) is 19.9. The number of amides is 1. The summed E-state index contributed by atoms with van der Waals surface area (Å²) in [6.07, 6.45) is 2.41. The molecule has 2 unspecified atom stereocenters. The second-order valence-electron chi connectivity index (χ2n) is 4.95. The molecule has 1 saturated heterocycles. The molecule has 1 heterocycles. The van der Waals surface area contributed by atoms with E-state index in [4.69, 9.17) is 17.3 Å². The fourth-order valence-corrected chi connectivity index (χ4v) is 2.79. The Kier molecular flexibility index (Phi) is 6.11. The van der Waals surface area contributed by atoms with Gasteiger partial charge in [0.1, 0.15) is 0 Å². The summed E-state index contributed by atoms with van der Waals surface area (Å²) < 4.78 is 0. The van der Waals surface area contributed by atoms with Crippen LogP contribution < -0.4 is 5.73 Å². The third kappa shape index (κ3) is 3.85. The Morgan fingerprint density at radius 3 is 2.84 bits per heavy atom. The molecule has 2 rings (SSSR count). The largest absolute Gasteiger partial charge is 0.336 e. The molecule has 1 fully saturated rings. The highest BCUT2D eigenvalue weighted by atomic mass is 35.5. The molecule has 0 aliphatic carbocycles. The number of carbonyl (C=O) groups excluding carboxylic acids is 1. The number of rotatable bonds is 3. The van der Waals surface area contributed by atoms with Crippen LogP contribution in [0.2, 0.25) is 5.02 Å². The van der Waals surface area contributed by atoms with Gasteiger partial charge in [0.05, 0.1) is 6.04 Å². The molecule has 1 aromatic carbocycles. The van der Waals surface area contributed by atoms with Gasteiger partial charge in [0.2, 0.25) is 5.91 Å². The van der Waals surface area contributed by atoms with Crippen molar-refractivity contribution in [2.45, 2.75) is 38.3 Å². The molecule has 0 spiro atoms. The molecule has 0 radical (unpaired) electrons. The number of nitrogens with zero attached hydrogens (tertiary/aromatic N) is 1. The zero-order valence-electron chi connectivity index (χ0n) is 11.0. The summed E-state index contributed by atoms with van der Waals surface area (Å²) in [4.78, 5) is 14.1. The molecule has 1 aromatic rings. The highest BCUT2D eigenvalue weighted by molar-refractivity contribution is 6.31. The van der Waals surface area contributed by atoms with Gasteiger partial charge in [-0.25, -0.2) is 0 Å². The van der Waals surface area contributed by atoms with Gasteiger partial charge in [-0.15, -0.1) is 12.4 Å². The molecule has 1 aliphatic rings. The van der Waals surface area contributed by atoms with E-state index in [9.17, 15) is 4.79 Å². The van der Waals surface area contributed by atoms with Crippen LogP contribution in [0.15, 0.2) is 24.3 Å². The summed E-state index contributed by atoms with van der Waals surface area (Å²) in [5.74, 6) is 0.132. The quantitative estimate of drug-likeness (QED) is 0.932. The van der Waals surface area contributed by atoms with E-state index in [1.807, 2.05) is 36.1 Å². The molecular formula is C14H20Cl2N2O. The number of nitrogens with two attached hydrogens (primary N) is 1. The maximum atomic E-state index is 12.2. The van der Waals surface area contributed by atoms with Gasteiger partial charge in [-0.2, -0.15) is 0 Å². The van der Waals surface area contributed by atoms with Crippen molar-refractivity contribution in [3.63, 3.8) is 0 Å². The van der Waals surface area contributed by atoms with Crippen LogP contribution in [0.3, 0.4) is 0 Å². The Bertz CT molecular complexity index is 437. The first kappa shape index (κ1) is 16.3. The molecular weight excluding hydrogens is 283 g/mol. The first-order chi connectivity index (χ1) is 8.59. The third-order valence-corrected chi connectivity index (χ3v) is 3.68. The van der Waals surface area contributed by atoms with Gasteiger partial charge in [-0.1, -0.05) is 29.8 Å². The van der Waals surface area contributed by atoms with Crippen LogP contribution in [0.5, 0.6) is 0 Å². The van der Waals surface area contributed by atoms with Gasteiger partial charge in [-0.3, -0.25) is 4.79 Å². The van der Waals surface area contributed by atoms with Crippen molar-refractivity contribution < 1.29 is 4.79 Å². The SMILES string of the molecule is CC(N)CC(=O)N1CCCC1c1ccccc1Cl.Cl. The van der Waals surface area contributed by atoms with Crippen molar-refractivity contribution in [3.8, 4) is 0 Å². The highest BCUT2D eigenvalue weighted by Gasteiger charge is 2.31. The molecule has 0 aromatic heterocycles. The maximum absolute atomic E-state index is 12.2. The molecule has 5 heteroatoms. The first-order valence-electron chi connectivity index (χ1n) is 6.39. The van der Waals surface area contributed by atoms with E-state index in [1.165, 1.54) is 0 Å². The minimum atomic E-state index is -0.0926. The van der Waals surface area contributed by atoms with E-state index < -0.39 is 0 Å². The maximum Gasteiger partial charge on any atom is 0.224 e. The standard InChI is InChI=1S/C14H19ClN2O.ClH/c1-10(16)9-14(18)17-8-4-7-13(17)11-5-2-3-6-12(11)15;/h2-3,5-6,10,13H,4,7-9,16H2,1H3;1H. The smallest absolute Gasteiger partial charge is 0.224 e. The summed E-state index contributed by atoms with van der Waals surface area (Å²) in [7, 11) is 0. The molecule has 0 saturated carbocycles. The minimum Gasteiger partial charge on any atom is -0.336 e. The fourth-order valence-electron chi connectivity index (χ4n) is 2.53. The zero-order valence-corrected chi connectivity index (χ0v) is 12.6. The molecule has 1 amide bonds. The molecule has 2 atom stereocenters. The van der Waals surface area contributed by atoms with E-state index in [2.05, 4.69) is 0 Å². The third-order valence-electron chi connectivity index (χ3n) is 3.33. The Morgan fingerprint density at radius 1 is 1.53 bits per heavy atom. The Morgan fingerprint density at radius 2 is 2.21 bits per heavy atom. The van der Waals surface area contributed by atoms with Crippen molar-refractivity contribution in [3.05, 3.63) is 34.9 Å².